The quantitative estimate of drug-likeness (QED) is 0.550. The van der Waals surface area contributed by atoms with Crippen molar-refractivity contribution in [3.8, 4) is 5.75 Å². The molecule has 11 heteroatoms. The van der Waals surface area contributed by atoms with Gasteiger partial charge in [-0.25, -0.2) is 0 Å². The molecule has 0 aliphatic carbocycles. The van der Waals surface area contributed by atoms with E-state index in [2.05, 4.69) is 5.32 Å². The van der Waals surface area contributed by atoms with Gasteiger partial charge in [0.05, 0.1) is 23.3 Å². The van der Waals surface area contributed by atoms with E-state index in [4.69, 9.17) is 4.74 Å². The molecule has 0 saturated carbocycles. The number of benzene rings is 2. The van der Waals surface area contributed by atoms with Crippen LogP contribution < -0.4 is 10.1 Å². The Morgan fingerprint density at radius 2 is 1.62 bits per heavy atom. The van der Waals surface area contributed by atoms with Gasteiger partial charge in [-0.3, -0.25) is 9.59 Å². The lowest BCUT2D eigenvalue weighted by Gasteiger charge is -2.37. The van der Waals surface area contributed by atoms with Crippen LogP contribution in [-0.4, -0.2) is 35.9 Å². The third-order valence-electron chi connectivity index (χ3n) is 5.91. The average Bonchev–Trinajstić information content (AvgIpc) is 2.77. The number of hydrogen-bond donors (Lipinski definition) is 1. The van der Waals surface area contributed by atoms with Crippen LogP contribution in [0, 0.1) is 0 Å². The fourth-order valence-corrected chi connectivity index (χ4v) is 4.22. The summed E-state index contributed by atoms with van der Waals surface area (Å²) in [4.78, 5) is 27.5. The molecule has 182 valence electrons. The molecule has 1 saturated heterocycles. The van der Waals surface area contributed by atoms with Gasteiger partial charge in [-0.1, -0.05) is 0 Å². The van der Waals surface area contributed by atoms with Gasteiger partial charge in [-0.05, 0) is 55.7 Å². The first-order chi connectivity index (χ1) is 15.9. The number of carbonyl (C=O) groups excluding carboxylic acids is 2. The second-order valence-electron chi connectivity index (χ2n) is 8.24. The predicted molar refractivity (Wildman–Crippen MR) is 110 cm³/mol. The number of alkyl halides is 6. The molecular formula is C23H20F6N2O3. The van der Waals surface area contributed by atoms with Gasteiger partial charge in [0.15, 0.2) is 0 Å². The first-order valence-electron chi connectivity index (χ1n) is 10.6. The van der Waals surface area contributed by atoms with Crippen LogP contribution in [0.15, 0.2) is 36.4 Å². The van der Waals surface area contributed by atoms with Crippen molar-refractivity contribution in [3.63, 3.8) is 0 Å². The van der Waals surface area contributed by atoms with Crippen molar-refractivity contribution < 1.29 is 40.7 Å². The molecule has 1 unspecified atom stereocenters. The van der Waals surface area contributed by atoms with E-state index in [0.29, 0.717) is 37.5 Å². The minimum Gasteiger partial charge on any atom is -0.493 e. The highest BCUT2D eigenvalue weighted by atomic mass is 19.4. The molecule has 0 aromatic heterocycles. The zero-order valence-corrected chi connectivity index (χ0v) is 17.7. The minimum absolute atomic E-state index is 0.0264. The molecule has 4 rings (SSSR count). The van der Waals surface area contributed by atoms with E-state index in [0.717, 1.165) is 19.3 Å². The molecule has 2 aliphatic rings. The molecule has 0 radical (unpaired) electrons. The smallest absolute Gasteiger partial charge is 0.416 e. The normalized spacial score (nSPS) is 18.8. The SMILES string of the molecule is O=C(Nc1ccc2c(c1)C(=O)N1CCCCC1CCO2)c1cc(C(F)(F)F)cc(C(F)(F)F)c1. The van der Waals surface area contributed by atoms with E-state index in [1.54, 1.807) is 4.90 Å². The maximum Gasteiger partial charge on any atom is 0.416 e. The molecule has 2 aromatic carbocycles. The summed E-state index contributed by atoms with van der Waals surface area (Å²) in [7, 11) is 0. The van der Waals surface area contributed by atoms with Crippen LogP contribution in [0.5, 0.6) is 5.75 Å². The summed E-state index contributed by atoms with van der Waals surface area (Å²) in [6.07, 6.45) is -6.78. The summed E-state index contributed by atoms with van der Waals surface area (Å²) < 4.78 is 84.4. The van der Waals surface area contributed by atoms with Crippen LogP contribution in [-0.2, 0) is 12.4 Å². The van der Waals surface area contributed by atoms with E-state index >= 15 is 0 Å². The van der Waals surface area contributed by atoms with Gasteiger partial charge in [0.2, 0.25) is 0 Å². The van der Waals surface area contributed by atoms with Gasteiger partial charge in [-0.2, -0.15) is 26.3 Å². The lowest BCUT2D eigenvalue weighted by molar-refractivity contribution is -0.143. The van der Waals surface area contributed by atoms with Crippen molar-refractivity contribution in [2.45, 2.75) is 44.1 Å². The number of carbonyl (C=O) groups is 2. The van der Waals surface area contributed by atoms with E-state index in [1.807, 2.05) is 0 Å². The lowest BCUT2D eigenvalue weighted by Crippen LogP contribution is -2.45. The molecule has 1 N–H and O–H groups in total. The van der Waals surface area contributed by atoms with Crippen molar-refractivity contribution in [1.82, 2.24) is 4.90 Å². The van der Waals surface area contributed by atoms with Crippen LogP contribution in [0.3, 0.4) is 0 Å². The molecule has 5 nitrogen and oxygen atoms in total. The number of hydrogen-bond acceptors (Lipinski definition) is 3. The highest BCUT2D eigenvalue weighted by Crippen LogP contribution is 2.37. The summed E-state index contributed by atoms with van der Waals surface area (Å²) in [6, 6.07) is 4.82. The number of ether oxygens (including phenoxy) is 1. The van der Waals surface area contributed by atoms with Crippen molar-refractivity contribution in [1.29, 1.82) is 0 Å². The average molecular weight is 486 g/mol. The number of fused-ring (bicyclic) bond motifs is 2. The van der Waals surface area contributed by atoms with E-state index < -0.39 is 35.0 Å². The number of nitrogens with zero attached hydrogens (tertiary/aromatic N) is 1. The van der Waals surface area contributed by atoms with Crippen LogP contribution >= 0.6 is 0 Å². The summed E-state index contributed by atoms with van der Waals surface area (Å²) >= 11 is 0. The Morgan fingerprint density at radius 3 is 2.26 bits per heavy atom. The number of rotatable bonds is 2. The molecule has 0 spiro atoms. The topological polar surface area (TPSA) is 58.6 Å². The Bertz CT molecular complexity index is 1080. The molecule has 1 fully saturated rings. The Balaban J connectivity index is 1.64. The summed E-state index contributed by atoms with van der Waals surface area (Å²) in [5, 5.41) is 2.29. The number of amides is 2. The number of halogens is 6. The molecule has 34 heavy (non-hydrogen) atoms. The van der Waals surface area contributed by atoms with Gasteiger partial charge in [0.25, 0.3) is 11.8 Å². The molecule has 2 amide bonds. The van der Waals surface area contributed by atoms with Gasteiger partial charge in [0.1, 0.15) is 5.75 Å². The van der Waals surface area contributed by atoms with Crippen molar-refractivity contribution in [3.05, 3.63) is 58.7 Å². The molecular weight excluding hydrogens is 466 g/mol. The Morgan fingerprint density at radius 1 is 0.941 bits per heavy atom. The number of nitrogens with one attached hydrogen (secondary N) is 1. The maximum absolute atomic E-state index is 13.1. The highest BCUT2D eigenvalue weighted by Gasteiger charge is 2.37. The third kappa shape index (κ3) is 4.97. The fraction of sp³-hybridized carbons (Fsp3) is 0.391. The van der Waals surface area contributed by atoms with Crippen LogP contribution in [0.2, 0.25) is 0 Å². The first-order valence-corrected chi connectivity index (χ1v) is 10.6. The van der Waals surface area contributed by atoms with Gasteiger partial charge in [-0.15, -0.1) is 0 Å². The van der Waals surface area contributed by atoms with Crippen molar-refractivity contribution >= 4 is 17.5 Å². The third-order valence-corrected chi connectivity index (χ3v) is 5.91. The standard InChI is InChI=1S/C23H20F6N2O3/c24-22(25,26)14-9-13(10-15(11-14)23(27,28)29)20(32)30-16-4-5-19-18(12-16)21(33)31-7-2-1-3-17(31)6-8-34-19/h4-5,9-12,17H,1-3,6-8H2,(H,30,32). The zero-order valence-electron chi connectivity index (χ0n) is 17.7. The van der Waals surface area contributed by atoms with E-state index in [9.17, 15) is 35.9 Å². The van der Waals surface area contributed by atoms with Crippen molar-refractivity contribution in [2.24, 2.45) is 0 Å². The van der Waals surface area contributed by atoms with Crippen LogP contribution in [0.25, 0.3) is 0 Å². The van der Waals surface area contributed by atoms with E-state index in [1.165, 1.54) is 18.2 Å². The van der Waals surface area contributed by atoms with Crippen molar-refractivity contribution in [2.75, 3.05) is 18.5 Å². The monoisotopic (exact) mass is 486 g/mol. The second kappa shape index (κ2) is 8.84. The summed E-state index contributed by atoms with van der Waals surface area (Å²) in [5.41, 5.74) is -3.78. The van der Waals surface area contributed by atoms with Gasteiger partial charge >= 0.3 is 12.4 Å². The predicted octanol–water partition coefficient (Wildman–Crippen LogP) is 5.75. The largest absolute Gasteiger partial charge is 0.493 e. The van der Waals surface area contributed by atoms with Gasteiger partial charge in [0, 0.05) is 30.3 Å². The molecule has 2 heterocycles. The first kappa shape index (κ1) is 23.9. The van der Waals surface area contributed by atoms with Gasteiger partial charge < -0.3 is 15.0 Å². The number of anilines is 1. The summed E-state index contributed by atoms with van der Waals surface area (Å²) in [6.45, 7) is 0.960. The maximum atomic E-state index is 13.1. The molecule has 2 aliphatic heterocycles. The summed E-state index contributed by atoms with van der Waals surface area (Å²) in [5.74, 6) is -1.18. The Kier molecular flexibility index (Phi) is 6.22. The highest BCUT2D eigenvalue weighted by molar-refractivity contribution is 6.06. The number of piperidine rings is 1. The Hall–Kier alpha value is -3.24. The van der Waals surface area contributed by atoms with E-state index in [-0.39, 0.29) is 29.3 Å². The Labute approximate surface area is 190 Å². The molecule has 2 aromatic rings. The van der Waals surface area contributed by atoms with Crippen LogP contribution in [0.1, 0.15) is 57.5 Å². The van der Waals surface area contributed by atoms with Crippen LogP contribution in [0.4, 0.5) is 32.0 Å². The lowest BCUT2D eigenvalue weighted by atomic mass is 9.97. The molecule has 0 bridgehead atoms. The second-order valence-corrected chi connectivity index (χ2v) is 8.24. The molecule has 1 atom stereocenters. The zero-order chi connectivity index (χ0) is 24.7. The minimum atomic E-state index is -5.08. The fourth-order valence-electron chi connectivity index (χ4n) is 4.22.